The molecule has 1 amide bonds. The van der Waals surface area contributed by atoms with Gasteiger partial charge in [0.15, 0.2) is 6.10 Å². The third-order valence-electron chi connectivity index (χ3n) is 4.44. The Bertz CT molecular complexity index is 1010. The number of esters is 1. The first-order valence-corrected chi connectivity index (χ1v) is 9.90. The molecule has 0 spiro atoms. The minimum absolute atomic E-state index is 0.320. The zero-order valence-corrected chi connectivity index (χ0v) is 17.1. The molecule has 0 aliphatic rings. The van der Waals surface area contributed by atoms with E-state index in [9.17, 15) is 9.59 Å². The van der Waals surface area contributed by atoms with Crippen molar-refractivity contribution >= 4 is 18.0 Å². The zero-order valence-electron chi connectivity index (χ0n) is 17.1. The maximum Gasteiger partial charge on any atom is 0.331 e. The fraction of sp³-hybridized carbons (Fsp3) is 0.208. The van der Waals surface area contributed by atoms with Gasteiger partial charge in [-0.15, -0.1) is 0 Å². The van der Waals surface area contributed by atoms with Crippen molar-refractivity contribution in [2.24, 2.45) is 0 Å². The molecular weight excluding hydrogens is 378 g/mol. The highest BCUT2D eigenvalue weighted by molar-refractivity contribution is 5.91. The molecule has 0 fully saturated rings. The molecule has 0 saturated carbocycles. The molecule has 0 radical (unpaired) electrons. The van der Waals surface area contributed by atoms with Gasteiger partial charge in [-0.3, -0.25) is 9.48 Å². The number of benzene rings is 2. The van der Waals surface area contributed by atoms with Crippen LogP contribution in [0.4, 0.5) is 0 Å². The first-order valence-electron chi connectivity index (χ1n) is 9.90. The van der Waals surface area contributed by atoms with Crippen LogP contribution < -0.4 is 5.32 Å². The molecule has 3 rings (SSSR count). The fourth-order valence-corrected chi connectivity index (χ4v) is 2.97. The van der Waals surface area contributed by atoms with Crippen LogP contribution in [0.3, 0.4) is 0 Å². The largest absolute Gasteiger partial charge is 0.449 e. The molecule has 1 N–H and O–H groups in total. The van der Waals surface area contributed by atoms with Crippen molar-refractivity contribution in [2.75, 3.05) is 6.54 Å². The third kappa shape index (κ3) is 5.67. The van der Waals surface area contributed by atoms with Crippen molar-refractivity contribution in [2.45, 2.75) is 26.5 Å². The van der Waals surface area contributed by atoms with E-state index in [2.05, 4.69) is 5.32 Å². The molecule has 1 aromatic heterocycles. The van der Waals surface area contributed by atoms with E-state index in [4.69, 9.17) is 9.84 Å². The van der Waals surface area contributed by atoms with E-state index in [1.54, 1.807) is 13.0 Å². The van der Waals surface area contributed by atoms with Crippen LogP contribution in [0.2, 0.25) is 0 Å². The van der Waals surface area contributed by atoms with Gasteiger partial charge in [0.2, 0.25) is 0 Å². The highest BCUT2D eigenvalue weighted by atomic mass is 16.5. The van der Waals surface area contributed by atoms with Gasteiger partial charge in [-0.25, -0.2) is 4.79 Å². The number of hydrogen-bond acceptors (Lipinski definition) is 4. The van der Waals surface area contributed by atoms with Crippen LogP contribution >= 0.6 is 0 Å². The monoisotopic (exact) mass is 403 g/mol. The van der Waals surface area contributed by atoms with Crippen molar-refractivity contribution in [1.29, 1.82) is 0 Å². The zero-order chi connectivity index (χ0) is 21.3. The first kappa shape index (κ1) is 21.0. The summed E-state index contributed by atoms with van der Waals surface area (Å²) in [5.41, 5.74) is 3.64. The Morgan fingerprint density at radius 3 is 2.43 bits per heavy atom. The number of ether oxygens (including phenoxy) is 1. The van der Waals surface area contributed by atoms with E-state index in [0.717, 1.165) is 22.4 Å². The molecule has 0 aliphatic heterocycles. The van der Waals surface area contributed by atoms with Gasteiger partial charge in [-0.1, -0.05) is 60.7 Å². The summed E-state index contributed by atoms with van der Waals surface area (Å²) in [7, 11) is 0. The van der Waals surface area contributed by atoms with E-state index in [-0.39, 0.29) is 5.91 Å². The molecule has 6 heteroatoms. The first-order chi connectivity index (χ1) is 14.6. The van der Waals surface area contributed by atoms with Gasteiger partial charge in [0.1, 0.15) is 0 Å². The van der Waals surface area contributed by atoms with Gasteiger partial charge in [0, 0.05) is 29.9 Å². The molecule has 0 bridgehead atoms. The Kier molecular flexibility index (Phi) is 7.16. The molecule has 1 atom stereocenters. The summed E-state index contributed by atoms with van der Waals surface area (Å²) in [4.78, 5) is 23.9. The topological polar surface area (TPSA) is 73.2 Å². The summed E-state index contributed by atoms with van der Waals surface area (Å²) in [5, 5.41) is 7.34. The normalized spacial score (nSPS) is 11.9. The molecule has 2 aromatic carbocycles. The second-order valence-electron chi connectivity index (χ2n) is 6.79. The average molecular weight is 403 g/mol. The molecule has 0 unspecified atom stereocenters. The van der Waals surface area contributed by atoms with E-state index in [0.29, 0.717) is 13.1 Å². The molecule has 0 aliphatic carbocycles. The van der Waals surface area contributed by atoms with Crippen molar-refractivity contribution in [3.05, 3.63) is 84.1 Å². The molecule has 0 saturated heterocycles. The van der Waals surface area contributed by atoms with Gasteiger partial charge in [0.05, 0.1) is 12.2 Å². The van der Waals surface area contributed by atoms with Crippen LogP contribution in [0.1, 0.15) is 25.0 Å². The number of aromatic nitrogens is 2. The highest BCUT2D eigenvalue weighted by Crippen LogP contribution is 2.23. The Morgan fingerprint density at radius 2 is 1.77 bits per heavy atom. The van der Waals surface area contributed by atoms with Gasteiger partial charge in [-0.2, -0.15) is 5.10 Å². The molecule has 3 aromatic rings. The lowest BCUT2D eigenvalue weighted by Crippen LogP contribution is -2.35. The summed E-state index contributed by atoms with van der Waals surface area (Å²) in [6.07, 6.45) is 4.04. The number of likely N-dealkylation sites (N-methyl/N-ethyl adjacent to an activating group) is 1. The van der Waals surface area contributed by atoms with Gasteiger partial charge in [0.25, 0.3) is 5.91 Å². The van der Waals surface area contributed by atoms with Crippen molar-refractivity contribution < 1.29 is 14.3 Å². The average Bonchev–Trinajstić information content (AvgIpc) is 3.16. The lowest BCUT2D eigenvalue weighted by atomic mass is 10.1. The maximum absolute atomic E-state index is 12.2. The lowest BCUT2D eigenvalue weighted by Gasteiger charge is -2.10. The second-order valence-corrected chi connectivity index (χ2v) is 6.79. The molecular formula is C24H25N3O3. The number of nitrogens with one attached hydrogen (secondary N) is 1. The number of nitrogens with zero attached hydrogens (tertiary/aromatic N) is 2. The smallest absolute Gasteiger partial charge is 0.331 e. The number of rotatable bonds is 8. The van der Waals surface area contributed by atoms with Crippen molar-refractivity contribution in [3.8, 4) is 11.3 Å². The maximum atomic E-state index is 12.2. The summed E-state index contributed by atoms with van der Waals surface area (Å²) in [6, 6.07) is 19.8. The number of amides is 1. The van der Waals surface area contributed by atoms with Gasteiger partial charge in [-0.05, 0) is 25.5 Å². The van der Waals surface area contributed by atoms with Crippen LogP contribution in [-0.4, -0.2) is 34.3 Å². The summed E-state index contributed by atoms with van der Waals surface area (Å²) < 4.78 is 7.02. The SMILES string of the molecule is CCNC(=O)[C@@H](C)OC(=O)/C=C/c1cn(Cc2ccccc2)nc1-c1ccccc1. The minimum Gasteiger partial charge on any atom is -0.449 e. The second kappa shape index (κ2) is 10.2. The number of carbonyl (C=O) groups is 2. The lowest BCUT2D eigenvalue weighted by molar-refractivity contribution is -0.150. The van der Waals surface area contributed by atoms with E-state index in [1.807, 2.05) is 78.5 Å². The summed E-state index contributed by atoms with van der Waals surface area (Å²) in [6.45, 7) is 4.46. The third-order valence-corrected chi connectivity index (χ3v) is 4.44. The predicted molar refractivity (Wildman–Crippen MR) is 116 cm³/mol. The highest BCUT2D eigenvalue weighted by Gasteiger charge is 2.16. The molecule has 154 valence electrons. The Morgan fingerprint density at radius 1 is 1.10 bits per heavy atom. The van der Waals surface area contributed by atoms with Crippen LogP contribution in [0, 0.1) is 0 Å². The van der Waals surface area contributed by atoms with Crippen LogP contribution in [0.15, 0.2) is 72.9 Å². The van der Waals surface area contributed by atoms with Crippen molar-refractivity contribution in [1.82, 2.24) is 15.1 Å². The van der Waals surface area contributed by atoms with Gasteiger partial charge >= 0.3 is 5.97 Å². The van der Waals surface area contributed by atoms with E-state index >= 15 is 0 Å². The van der Waals surface area contributed by atoms with Crippen LogP contribution in [0.25, 0.3) is 17.3 Å². The molecule has 1 heterocycles. The number of hydrogen-bond donors (Lipinski definition) is 1. The number of carbonyl (C=O) groups excluding carboxylic acids is 2. The molecule has 30 heavy (non-hydrogen) atoms. The fourth-order valence-electron chi connectivity index (χ4n) is 2.97. The van der Waals surface area contributed by atoms with Crippen LogP contribution in [0.5, 0.6) is 0 Å². The Hall–Kier alpha value is -3.67. The van der Waals surface area contributed by atoms with Crippen molar-refractivity contribution in [3.63, 3.8) is 0 Å². The Balaban J connectivity index is 1.80. The standard InChI is InChI=1S/C24H25N3O3/c1-3-25-24(29)18(2)30-22(28)15-14-21-17-27(16-19-10-6-4-7-11-19)26-23(21)20-12-8-5-9-13-20/h4-15,17-18H,3,16H2,1-2H3,(H,25,29)/b15-14+/t18-/m1/s1. The Labute approximate surface area is 176 Å². The predicted octanol–water partition coefficient (Wildman–Crippen LogP) is 3.68. The summed E-state index contributed by atoms with van der Waals surface area (Å²) in [5.74, 6) is -0.900. The summed E-state index contributed by atoms with van der Waals surface area (Å²) >= 11 is 0. The van der Waals surface area contributed by atoms with E-state index < -0.39 is 12.1 Å². The van der Waals surface area contributed by atoms with Crippen LogP contribution in [-0.2, 0) is 20.9 Å². The minimum atomic E-state index is -0.850. The van der Waals surface area contributed by atoms with E-state index in [1.165, 1.54) is 6.08 Å². The van der Waals surface area contributed by atoms with Gasteiger partial charge < -0.3 is 10.1 Å². The molecule has 6 nitrogen and oxygen atoms in total. The quantitative estimate of drug-likeness (QED) is 0.460.